The molecule has 1 amide bonds. The molecule has 0 atom stereocenters. The van der Waals surface area contributed by atoms with E-state index in [4.69, 9.17) is 17.3 Å². The number of amides is 1. The quantitative estimate of drug-likeness (QED) is 0.716. The van der Waals surface area contributed by atoms with E-state index in [1.54, 1.807) is 18.7 Å². The van der Waals surface area contributed by atoms with Crippen molar-refractivity contribution in [1.29, 1.82) is 0 Å². The van der Waals surface area contributed by atoms with Gasteiger partial charge in [-0.3, -0.25) is 14.2 Å². The van der Waals surface area contributed by atoms with E-state index in [1.807, 2.05) is 0 Å². The summed E-state index contributed by atoms with van der Waals surface area (Å²) in [6.45, 7) is 1.76. The maximum Gasteiger partial charge on any atom is 0.263 e. The number of nitrogens with two attached hydrogens (primary N) is 1. The topological polar surface area (TPSA) is 120 Å². The molecule has 8 nitrogen and oxygen atoms in total. The third kappa shape index (κ3) is 3.15. The smallest absolute Gasteiger partial charge is 0.263 e. The van der Waals surface area contributed by atoms with Crippen molar-refractivity contribution >= 4 is 44.3 Å². The van der Waals surface area contributed by atoms with Gasteiger partial charge in [0.05, 0.1) is 16.4 Å². The molecule has 0 aliphatic rings. The van der Waals surface area contributed by atoms with Crippen molar-refractivity contribution < 1.29 is 13.2 Å². The first-order valence-electron chi connectivity index (χ1n) is 7.10. The molecule has 0 aliphatic heterocycles. The second-order valence-corrected chi connectivity index (χ2v) is 7.51. The summed E-state index contributed by atoms with van der Waals surface area (Å²) < 4.78 is 29.2. The van der Waals surface area contributed by atoms with Crippen LogP contribution >= 0.6 is 11.6 Å². The first-order valence-corrected chi connectivity index (χ1v) is 8.96. The number of aromatic nitrogens is 3. The monoisotopic (exact) mass is 379 g/mol. The van der Waals surface area contributed by atoms with Crippen LogP contribution in [0.1, 0.15) is 16.1 Å². The Morgan fingerprint density at radius 2 is 2.04 bits per heavy atom. The first-order chi connectivity index (χ1) is 11.7. The van der Waals surface area contributed by atoms with E-state index in [1.165, 1.54) is 30.5 Å². The van der Waals surface area contributed by atoms with Crippen LogP contribution in [0.15, 0.2) is 35.4 Å². The minimum absolute atomic E-state index is 0.0448. The van der Waals surface area contributed by atoms with Gasteiger partial charge in [0.2, 0.25) is 5.91 Å². The number of carbonyl (C=O) groups excluding carboxylic acids is 1. The fraction of sp³-hybridized carbons (Fsp3) is 0.133. The van der Waals surface area contributed by atoms with Crippen LogP contribution in [0.2, 0.25) is 5.02 Å². The van der Waals surface area contributed by atoms with Gasteiger partial charge in [0, 0.05) is 24.2 Å². The predicted molar refractivity (Wildman–Crippen MR) is 94.0 cm³/mol. The van der Waals surface area contributed by atoms with E-state index in [-0.39, 0.29) is 21.2 Å². The molecule has 2 aromatic heterocycles. The highest BCUT2D eigenvalue weighted by Crippen LogP contribution is 2.27. The third-order valence-corrected chi connectivity index (χ3v) is 5.31. The van der Waals surface area contributed by atoms with Gasteiger partial charge in [0.15, 0.2) is 5.65 Å². The number of sulfonamides is 1. The van der Waals surface area contributed by atoms with E-state index in [0.29, 0.717) is 16.7 Å². The van der Waals surface area contributed by atoms with Crippen LogP contribution in [0.5, 0.6) is 0 Å². The lowest BCUT2D eigenvalue weighted by Crippen LogP contribution is -2.15. The number of aryl methyl sites for hydroxylation is 2. The summed E-state index contributed by atoms with van der Waals surface area (Å²) in [5, 5.41) is 4.98. The molecule has 130 valence electrons. The van der Waals surface area contributed by atoms with Gasteiger partial charge in [-0.05, 0) is 31.2 Å². The molecule has 2 heterocycles. The molecule has 3 rings (SSSR count). The van der Waals surface area contributed by atoms with Crippen LogP contribution < -0.4 is 10.5 Å². The molecule has 0 unspecified atom stereocenters. The minimum Gasteiger partial charge on any atom is -0.366 e. The number of hydrogen-bond acceptors (Lipinski definition) is 5. The average Bonchev–Trinajstić information content (AvgIpc) is 2.83. The van der Waals surface area contributed by atoms with Crippen molar-refractivity contribution in [2.24, 2.45) is 12.8 Å². The Kier molecular flexibility index (Phi) is 4.13. The van der Waals surface area contributed by atoms with Gasteiger partial charge in [-0.2, -0.15) is 5.10 Å². The van der Waals surface area contributed by atoms with Crippen LogP contribution in [0, 0.1) is 6.92 Å². The number of pyridine rings is 1. The zero-order valence-electron chi connectivity index (χ0n) is 13.3. The predicted octanol–water partition coefficient (Wildman–Crippen LogP) is 1.83. The molecule has 0 bridgehead atoms. The Bertz CT molecular complexity index is 1110. The fourth-order valence-electron chi connectivity index (χ4n) is 2.40. The number of rotatable bonds is 4. The number of anilines is 1. The van der Waals surface area contributed by atoms with Crippen molar-refractivity contribution in [2.75, 3.05) is 4.72 Å². The van der Waals surface area contributed by atoms with Gasteiger partial charge in [0.1, 0.15) is 4.90 Å². The maximum atomic E-state index is 12.6. The first kappa shape index (κ1) is 17.2. The largest absolute Gasteiger partial charge is 0.366 e. The van der Waals surface area contributed by atoms with Gasteiger partial charge in [-0.25, -0.2) is 13.4 Å². The fourth-order valence-corrected chi connectivity index (χ4v) is 3.66. The zero-order valence-corrected chi connectivity index (χ0v) is 14.9. The number of nitrogens with zero attached hydrogens (tertiary/aromatic N) is 3. The summed E-state index contributed by atoms with van der Waals surface area (Å²) in [7, 11) is -2.24. The molecule has 0 aliphatic carbocycles. The highest BCUT2D eigenvalue weighted by molar-refractivity contribution is 7.92. The number of hydrogen-bond donors (Lipinski definition) is 2. The highest BCUT2D eigenvalue weighted by Gasteiger charge is 2.19. The maximum absolute atomic E-state index is 12.6. The Labute approximate surface area is 148 Å². The summed E-state index contributed by atoms with van der Waals surface area (Å²) in [6.07, 6.45) is 1.23. The molecular weight excluding hydrogens is 366 g/mol. The lowest BCUT2D eigenvalue weighted by Gasteiger charge is -2.10. The summed E-state index contributed by atoms with van der Waals surface area (Å²) in [5.74, 6) is -0.689. The van der Waals surface area contributed by atoms with E-state index in [2.05, 4.69) is 14.8 Å². The summed E-state index contributed by atoms with van der Waals surface area (Å²) in [6, 6.07) is 5.57. The van der Waals surface area contributed by atoms with Crippen LogP contribution in [-0.4, -0.2) is 29.1 Å². The van der Waals surface area contributed by atoms with Crippen molar-refractivity contribution in [2.45, 2.75) is 11.8 Å². The van der Waals surface area contributed by atoms with Gasteiger partial charge in [0.25, 0.3) is 10.0 Å². The molecule has 1 aromatic carbocycles. The zero-order chi connectivity index (χ0) is 18.4. The van der Waals surface area contributed by atoms with Crippen molar-refractivity contribution in [3.8, 4) is 0 Å². The van der Waals surface area contributed by atoms with Crippen molar-refractivity contribution in [3.63, 3.8) is 0 Å². The molecule has 10 heteroatoms. The number of benzene rings is 1. The Morgan fingerprint density at radius 3 is 2.72 bits per heavy atom. The molecule has 3 N–H and O–H groups in total. The molecule has 0 spiro atoms. The highest BCUT2D eigenvalue weighted by atomic mass is 35.5. The van der Waals surface area contributed by atoms with E-state index >= 15 is 0 Å². The number of primary amides is 1. The number of nitrogens with one attached hydrogen (secondary N) is 1. The Morgan fingerprint density at radius 1 is 1.32 bits per heavy atom. The lowest BCUT2D eigenvalue weighted by molar-refractivity contribution is 0.100. The lowest BCUT2D eigenvalue weighted by atomic mass is 10.2. The standard InChI is InChI=1S/C15H14ClN5O3S/c1-8-11-6-10(7-18-15(11)21(2)19-8)25(23,24)20-13-5-9(14(17)22)3-4-12(13)16/h3-7,20H,1-2H3,(H2,17,22). The van der Waals surface area contributed by atoms with E-state index in [0.717, 1.165) is 0 Å². The van der Waals surface area contributed by atoms with Crippen molar-refractivity contribution in [1.82, 2.24) is 14.8 Å². The second kappa shape index (κ2) is 6.01. The van der Waals surface area contributed by atoms with Gasteiger partial charge in [-0.15, -0.1) is 0 Å². The molecule has 0 fully saturated rings. The Balaban J connectivity index is 2.04. The minimum atomic E-state index is -3.96. The summed E-state index contributed by atoms with van der Waals surface area (Å²) in [5.41, 5.74) is 6.64. The number of carbonyl (C=O) groups is 1. The normalized spacial score (nSPS) is 11.6. The van der Waals surface area contributed by atoms with Gasteiger partial charge < -0.3 is 5.73 Å². The molecule has 0 saturated heterocycles. The molecule has 0 saturated carbocycles. The average molecular weight is 380 g/mol. The SMILES string of the molecule is Cc1nn(C)c2ncc(S(=O)(=O)Nc3cc(C(N)=O)ccc3Cl)cc12. The number of halogens is 1. The van der Waals surface area contributed by atoms with Crippen LogP contribution in [0.25, 0.3) is 11.0 Å². The van der Waals surface area contributed by atoms with Gasteiger partial charge >= 0.3 is 0 Å². The van der Waals surface area contributed by atoms with Gasteiger partial charge in [-0.1, -0.05) is 11.6 Å². The second-order valence-electron chi connectivity index (χ2n) is 5.42. The molecular formula is C15H14ClN5O3S. The van der Waals surface area contributed by atoms with Crippen LogP contribution in [0.3, 0.4) is 0 Å². The Hall–Kier alpha value is -2.65. The molecule has 0 radical (unpaired) electrons. The van der Waals surface area contributed by atoms with Crippen molar-refractivity contribution in [3.05, 3.63) is 46.7 Å². The van der Waals surface area contributed by atoms with E-state index < -0.39 is 15.9 Å². The summed E-state index contributed by atoms with van der Waals surface area (Å²) >= 11 is 6.01. The number of fused-ring (bicyclic) bond motifs is 1. The van der Waals surface area contributed by atoms with Crippen LogP contribution in [0.4, 0.5) is 5.69 Å². The van der Waals surface area contributed by atoms with E-state index in [9.17, 15) is 13.2 Å². The third-order valence-electron chi connectivity index (χ3n) is 3.64. The summed E-state index contributed by atoms with van der Waals surface area (Å²) in [4.78, 5) is 15.4. The molecule has 25 heavy (non-hydrogen) atoms. The van der Waals surface area contributed by atoms with Crippen LogP contribution in [-0.2, 0) is 17.1 Å². The molecule has 3 aromatic rings.